The molecule has 0 fully saturated rings. The minimum atomic E-state index is -5.04. The molecule has 2 aromatic carbocycles. The standard InChI is InChI=1S/C16H12F6N2O3/c1-27-11-2-3-12(13(25)7-11)24-14(26)23-10-5-8(15(17,18)19)4-9(6-10)16(20,21)22/h2-7,25H,1H3,(H2,23,24,26). The number of methoxy groups -OCH3 is 1. The van der Waals surface area contributed by atoms with Gasteiger partial charge in [0.05, 0.1) is 23.9 Å². The second-order valence-electron chi connectivity index (χ2n) is 5.26. The van der Waals surface area contributed by atoms with Crippen LogP contribution in [0.2, 0.25) is 0 Å². The Morgan fingerprint density at radius 2 is 1.48 bits per heavy atom. The summed E-state index contributed by atoms with van der Waals surface area (Å²) in [7, 11) is 1.33. The molecular formula is C16H12F6N2O3. The zero-order valence-electron chi connectivity index (χ0n) is 13.5. The number of ether oxygens (including phenoxy) is 1. The molecule has 0 aromatic heterocycles. The number of rotatable bonds is 3. The first-order valence-electron chi connectivity index (χ1n) is 7.14. The molecule has 0 spiro atoms. The number of phenolic OH excluding ortho intramolecular Hbond substituents is 1. The van der Waals surface area contributed by atoms with E-state index in [9.17, 15) is 36.2 Å². The second kappa shape index (κ2) is 7.25. The smallest absolute Gasteiger partial charge is 0.416 e. The maximum atomic E-state index is 12.8. The van der Waals surface area contributed by atoms with Gasteiger partial charge in [-0.3, -0.25) is 0 Å². The van der Waals surface area contributed by atoms with Gasteiger partial charge < -0.3 is 20.5 Å². The molecule has 27 heavy (non-hydrogen) atoms. The summed E-state index contributed by atoms with van der Waals surface area (Å²) in [5, 5.41) is 13.7. The SMILES string of the molecule is COc1ccc(NC(=O)Nc2cc(C(F)(F)F)cc(C(F)(F)F)c2)c(O)c1. The summed E-state index contributed by atoms with van der Waals surface area (Å²) in [5.41, 5.74) is -3.99. The minimum absolute atomic E-state index is 0.0572. The third kappa shape index (κ3) is 5.19. The molecule has 0 bridgehead atoms. The van der Waals surface area contributed by atoms with Crippen molar-refractivity contribution < 1.29 is 41.0 Å². The first kappa shape index (κ1) is 20.2. The van der Waals surface area contributed by atoms with Gasteiger partial charge in [-0.25, -0.2) is 4.79 Å². The van der Waals surface area contributed by atoms with Crippen LogP contribution in [0.4, 0.5) is 42.5 Å². The van der Waals surface area contributed by atoms with E-state index in [1.165, 1.54) is 19.2 Å². The molecule has 0 heterocycles. The number of amides is 2. The van der Waals surface area contributed by atoms with Crippen molar-refractivity contribution in [1.82, 2.24) is 0 Å². The van der Waals surface area contributed by atoms with Crippen LogP contribution in [0.25, 0.3) is 0 Å². The van der Waals surface area contributed by atoms with Crippen LogP contribution in [0.3, 0.4) is 0 Å². The van der Waals surface area contributed by atoms with Gasteiger partial charge in [-0.1, -0.05) is 0 Å². The number of alkyl halides is 6. The lowest BCUT2D eigenvalue weighted by molar-refractivity contribution is -0.143. The van der Waals surface area contributed by atoms with Crippen LogP contribution in [-0.4, -0.2) is 18.2 Å². The summed E-state index contributed by atoms with van der Waals surface area (Å²) in [6.45, 7) is 0. The van der Waals surface area contributed by atoms with E-state index in [1.54, 1.807) is 0 Å². The van der Waals surface area contributed by atoms with E-state index >= 15 is 0 Å². The fourth-order valence-corrected chi connectivity index (χ4v) is 2.06. The molecule has 2 rings (SSSR count). The molecule has 0 saturated heterocycles. The molecule has 146 valence electrons. The summed E-state index contributed by atoms with van der Waals surface area (Å²) in [5.74, 6) is -0.143. The fraction of sp³-hybridized carbons (Fsp3) is 0.188. The molecule has 0 atom stereocenters. The number of nitrogens with one attached hydrogen (secondary N) is 2. The molecule has 0 saturated carbocycles. The van der Waals surface area contributed by atoms with Crippen LogP contribution in [0.5, 0.6) is 11.5 Å². The van der Waals surface area contributed by atoms with E-state index in [-0.39, 0.29) is 17.5 Å². The number of carbonyl (C=O) groups excluding carboxylic acids is 1. The first-order valence-corrected chi connectivity index (χ1v) is 7.14. The highest BCUT2D eigenvalue weighted by molar-refractivity contribution is 6.00. The van der Waals surface area contributed by atoms with Gasteiger partial charge in [-0.2, -0.15) is 26.3 Å². The topological polar surface area (TPSA) is 70.6 Å². The van der Waals surface area contributed by atoms with E-state index < -0.39 is 40.9 Å². The third-order valence-electron chi connectivity index (χ3n) is 3.30. The zero-order chi connectivity index (χ0) is 20.4. The van der Waals surface area contributed by atoms with Gasteiger partial charge in [-0.05, 0) is 30.3 Å². The van der Waals surface area contributed by atoms with Gasteiger partial charge in [0, 0.05) is 11.8 Å². The molecule has 0 unspecified atom stereocenters. The van der Waals surface area contributed by atoms with E-state index in [2.05, 4.69) is 5.32 Å². The summed E-state index contributed by atoms with van der Waals surface area (Å²) in [6, 6.07) is 3.29. The predicted molar refractivity (Wildman–Crippen MR) is 83.7 cm³/mol. The lowest BCUT2D eigenvalue weighted by Crippen LogP contribution is -2.20. The lowest BCUT2D eigenvalue weighted by Gasteiger charge is -2.15. The van der Waals surface area contributed by atoms with E-state index in [4.69, 9.17) is 4.74 Å². The van der Waals surface area contributed by atoms with Gasteiger partial charge in [-0.15, -0.1) is 0 Å². The molecule has 0 aliphatic rings. The Kier molecular flexibility index (Phi) is 5.43. The van der Waals surface area contributed by atoms with Crippen LogP contribution in [0, 0.1) is 0 Å². The molecular weight excluding hydrogens is 382 g/mol. The second-order valence-corrected chi connectivity index (χ2v) is 5.26. The van der Waals surface area contributed by atoms with Crippen LogP contribution in [0.1, 0.15) is 11.1 Å². The molecule has 0 aliphatic heterocycles. The molecule has 11 heteroatoms. The molecule has 3 N–H and O–H groups in total. The number of benzene rings is 2. The zero-order valence-corrected chi connectivity index (χ0v) is 13.5. The number of aromatic hydroxyl groups is 1. The monoisotopic (exact) mass is 394 g/mol. The summed E-state index contributed by atoms with van der Waals surface area (Å²) >= 11 is 0. The number of phenols is 1. The molecule has 0 aliphatic carbocycles. The molecule has 2 aromatic rings. The highest BCUT2D eigenvalue weighted by Gasteiger charge is 2.37. The van der Waals surface area contributed by atoms with Crippen molar-refractivity contribution in [2.75, 3.05) is 17.7 Å². The van der Waals surface area contributed by atoms with Crippen molar-refractivity contribution in [1.29, 1.82) is 0 Å². The molecule has 0 radical (unpaired) electrons. The number of urea groups is 1. The van der Waals surface area contributed by atoms with Crippen molar-refractivity contribution in [3.63, 3.8) is 0 Å². The van der Waals surface area contributed by atoms with Crippen LogP contribution < -0.4 is 15.4 Å². The summed E-state index contributed by atoms with van der Waals surface area (Å²) in [4.78, 5) is 11.9. The highest BCUT2D eigenvalue weighted by atomic mass is 19.4. The van der Waals surface area contributed by atoms with Crippen molar-refractivity contribution in [3.8, 4) is 11.5 Å². The summed E-state index contributed by atoms with van der Waals surface area (Å²) < 4.78 is 81.7. The third-order valence-corrected chi connectivity index (χ3v) is 3.30. The van der Waals surface area contributed by atoms with Crippen molar-refractivity contribution >= 4 is 17.4 Å². The van der Waals surface area contributed by atoms with Crippen LogP contribution >= 0.6 is 0 Å². The number of hydrogen-bond donors (Lipinski definition) is 3. The van der Waals surface area contributed by atoms with Gasteiger partial charge >= 0.3 is 18.4 Å². The Balaban J connectivity index is 2.26. The van der Waals surface area contributed by atoms with Gasteiger partial charge in [0.1, 0.15) is 11.5 Å². The van der Waals surface area contributed by atoms with Crippen molar-refractivity contribution in [2.24, 2.45) is 0 Å². The largest absolute Gasteiger partial charge is 0.506 e. The number of hydrogen-bond acceptors (Lipinski definition) is 3. The number of carbonyl (C=O) groups is 1. The normalized spacial score (nSPS) is 11.8. The van der Waals surface area contributed by atoms with Crippen LogP contribution in [0.15, 0.2) is 36.4 Å². The Morgan fingerprint density at radius 1 is 0.926 bits per heavy atom. The van der Waals surface area contributed by atoms with E-state index in [0.29, 0.717) is 12.1 Å². The Hall–Kier alpha value is -3.11. The van der Waals surface area contributed by atoms with Crippen molar-refractivity contribution in [2.45, 2.75) is 12.4 Å². The van der Waals surface area contributed by atoms with E-state index in [1.807, 2.05) is 5.32 Å². The maximum absolute atomic E-state index is 12.8. The minimum Gasteiger partial charge on any atom is -0.506 e. The first-order chi connectivity index (χ1) is 12.4. The average Bonchev–Trinajstić information content (AvgIpc) is 2.54. The summed E-state index contributed by atoms with van der Waals surface area (Å²) in [6.07, 6.45) is -10.1. The number of halogens is 6. The van der Waals surface area contributed by atoms with E-state index in [0.717, 1.165) is 6.07 Å². The lowest BCUT2D eigenvalue weighted by atomic mass is 10.1. The van der Waals surface area contributed by atoms with Gasteiger partial charge in [0.25, 0.3) is 0 Å². The van der Waals surface area contributed by atoms with Crippen molar-refractivity contribution in [3.05, 3.63) is 47.5 Å². The Labute approximate surface area is 148 Å². The van der Waals surface area contributed by atoms with Crippen LogP contribution in [-0.2, 0) is 12.4 Å². The average molecular weight is 394 g/mol. The fourth-order valence-electron chi connectivity index (χ4n) is 2.06. The van der Waals surface area contributed by atoms with Gasteiger partial charge in [0.2, 0.25) is 0 Å². The highest BCUT2D eigenvalue weighted by Crippen LogP contribution is 2.37. The molecule has 5 nitrogen and oxygen atoms in total. The Bertz CT molecular complexity index is 817. The molecule has 2 amide bonds. The Morgan fingerprint density at radius 3 is 1.93 bits per heavy atom. The number of anilines is 2. The predicted octanol–water partition coefficient (Wildman–Crippen LogP) is 5.08. The quantitative estimate of drug-likeness (QED) is 0.502. The maximum Gasteiger partial charge on any atom is 0.416 e. The van der Waals surface area contributed by atoms with Gasteiger partial charge in [0.15, 0.2) is 0 Å².